The van der Waals surface area contributed by atoms with Crippen LogP contribution in [0, 0.1) is 11.8 Å². The molecule has 35 heavy (non-hydrogen) atoms. The zero-order valence-electron chi connectivity index (χ0n) is 25.5. The second-order valence-corrected chi connectivity index (χ2v) is 10.3. The molecule has 2 unspecified atom stereocenters. The molecule has 0 aliphatic carbocycles. The molecule has 1 saturated heterocycles. The summed E-state index contributed by atoms with van der Waals surface area (Å²) in [6.07, 6.45) is 16.5. The van der Waals surface area contributed by atoms with Crippen molar-refractivity contribution in [2.45, 2.75) is 155 Å². The molecular weight excluding hydrogens is 442 g/mol. The quantitative estimate of drug-likeness (QED) is 0.0943. The first-order chi connectivity index (χ1) is 18.1. The second kappa shape index (κ2) is 19.6. The lowest BCUT2D eigenvalue weighted by molar-refractivity contribution is -0.190. The van der Waals surface area contributed by atoms with Gasteiger partial charge in [0, 0.05) is 10.5 Å². The van der Waals surface area contributed by atoms with Gasteiger partial charge in [-0.2, -0.15) is 0 Å². The number of rotatable bonds is 23. The molecule has 0 aromatic rings. The van der Waals surface area contributed by atoms with Gasteiger partial charge in [0.2, 0.25) is 6.41 Å². The number of amides is 1. The van der Waals surface area contributed by atoms with E-state index in [1.165, 1.54) is 45.4 Å². The van der Waals surface area contributed by atoms with E-state index in [0.29, 0.717) is 19.3 Å². The van der Waals surface area contributed by atoms with Gasteiger partial charge in [-0.05, 0) is 31.6 Å². The first-order valence-corrected chi connectivity index (χ1v) is 14.2. The summed E-state index contributed by atoms with van der Waals surface area (Å²) in [7, 11) is 0. The molecule has 1 N–H and O–H groups in total. The summed E-state index contributed by atoms with van der Waals surface area (Å²) in [4.78, 5) is 36.3. The van der Waals surface area contributed by atoms with Crippen molar-refractivity contribution in [1.29, 1.82) is 0 Å². The predicted molar refractivity (Wildman–Crippen MR) is 141 cm³/mol. The maximum Gasteiger partial charge on any atom is 0.328 e. The Morgan fingerprint density at radius 2 is 1.63 bits per heavy atom. The van der Waals surface area contributed by atoms with Crippen LogP contribution < -0.4 is 5.32 Å². The maximum absolute atomic E-state index is 13.0. The van der Waals surface area contributed by atoms with E-state index in [1.54, 1.807) is 0 Å². The Hall–Kier alpha value is -1.59. The topological polar surface area (TPSA) is 81.7 Å². The Labute approximate surface area is 218 Å². The molecule has 0 radical (unpaired) electrons. The van der Waals surface area contributed by atoms with Gasteiger partial charge in [0.05, 0.1) is 5.92 Å². The molecule has 1 heterocycles. The van der Waals surface area contributed by atoms with Crippen molar-refractivity contribution >= 4 is 18.3 Å². The summed E-state index contributed by atoms with van der Waals surface area (Å²) in [5.41, 5.74) is 0. The normalized spacial score (nSPS) is 21.5. The van der Waals surface area contributed by atoms with Crippen LogP contribution in [0.2, 0.25) is 0 Å². The average Bonchev–Trinajstić information content (AvgIpc) is 2.86. The van der Waals surface area contributed by atoms with Gasteiger partial charge in [0.15, 0.2) is 0 Å². The summed E-state index contributed by atoms with van der Waals surface area (Å²) in [6, 6.07) is -1.03. The number of hydrogen-bond donors (Lipinski definition) is 1. The smallest absolute Gasteiger partial charge is 0.328 e. The van der Waals surface area contributed by atoms with Crippen molar-refractivity contribution < 1.29 is 28.0 Å². The fraction of sp³-hybridized carbons (Fsp3) is 0.897. The van der Waals surface area contributed by atoms with Crippen LogP contribution >= 0.6 is 0 Å². The van der Waals surface area contributed by atoms with Gasteiger partial charge in [-0.25, -0.2) is 4.79 Å². The number of esters is 2. The number of nitrogens with one attached hydrogen (secondary N) is 1. The van der Waals surface area contributed by atoms with E-state index in [2.05, 4.69) is 19.2 Å². The molecule has 0 spiro atoms. The van der Waals surface area contributed by atoms with Gasteiger partial charge >= 0.3 is 11.9 Å². The minimum atomic E-state index is -2.23. The van der Waals surface area contributed by atoms with Crippen molar-refractivity contribution in [3.8, 4) is 0 Å². The van der Waals surface area contributed by atoms with Crippen molar-refractivity contribution in [1.82, 2.24) is 5.32 Å². The molecule has 1 fully saturated rings. The first kappa shape index (κ1) is 26.5. The molecule has 0 saturated carbocycles. The SMILES string of the molecule is [2H]C([2H])([2H])C(C)CC(NC=O)C(=O)O[C@@H](CCCCCCCCCCC)C[C@@H]1OC(=O)[C@H]1CCCCCC. The van der Waals surface area contributed by atoms with Crippen LogP contribution in [0.4, 0.5) is 0 Å². The lowest BCUT2D eigenvalue weighted by atomic mass is 9.86. The van der Waals surface area contributed by atoms with Crippen molar-refractivity contribution in [2.24, 2.45) is 11.8 Å². The minimum absolute atomic E-state index is 0.0305. The van der Waals surface area contributed by atoms with Gasteiger partial charge < -0.3 is 14.8 Å². The molecule has 204 valence electrons. The van der Waals surface area contributed by atoms with E-state index < -0.39 is 30.9 Å². The highest BCUT2D eigenvalue weighted by atomic mass is 16.6. The van der Waals surface area contributed by atoms with Gasteiger partial charge in [-0.15, -0.1) is 0 Å². The van der Waals surface area contributed by atoms with Crippen molar-refractivity contribution in [3.63, 3.8) is 0 Å². The second-order valence-electron chi connectivity index (χ2n) is 10.3. The van der Waals surface area contributed by atoms with Crippen molar-refractivity contribution in [3.05, 3.63) is 0 Å². The molecule has 5 atom stereocenters. The molecule has 6 nitrogen and oxygen atoms in total. The molecule has 1 amide bonds. The van der Waals surface area contributed by atoms with Crippen LogP contribution in [0.5, 0.6) is 0 Å². The lowest BCUT2D eigenvalue weighted by Gasteiger charge is -2.37. The maximum atomic E-state index is 13.0. The third kappa shape index (κ3) is 13.9. The summed E-state index contributed by atoms with van der Waals surface area (Å²) < 4.78 is 34.1. The van der Waals surface area contributed by atoms with Gasteiger partial charge in [0.25, 0.3) is 0 Å². The average molecular weight is 499 g/mol. The minimum Gasteiger partial charge on any atom is -0.461 e. The summed E-state index contributed by atoms with van der Waals surface area (Å²) >= 11 is 0. The third-order valence-corrected chi connectivity index (χ3v) is 6.94. The largest absolute Gasteiger partial charge is 0.461 e. The highest BCUT2D eigenvalue weighted by Gasteiger charge is 2.43. The van der Waals surface area contributed by atoms with E-state index in [9.17, 15) is 14.4 Å². The Kier molecular flexibility index (Phi) is 14.8. The Bertz CT molecular complexity index is 673. The van der Waals surface area contributed by atoms with Crippen LogP contribution in [0.25, 0.3) is 0 Å². The monoisotopic (exact) mass is 498 g/mol. The number of cyclic esters (lactones) is 1. The molecular formula is C29H53NO5. The van der Waals surface area contributed by atoms with E-state index in [1.807, 2.05) is 0 Å². The lowest BCUT2D eigenvalue weighted by Crippen LogP contribution is -2.48. The first-order valence-electron chi connectivity index (χ1n) is 15.7. The van der Waals surface area contributed by atoms with E-state index in [4.69, 9.17) is 13.6 Å². The molecule has 1 rings (SSSR count). The van der Waals surface area contributed by atoms with Crippen molar-refractivity contribution in [2.75, 3.05) is 0 Å². The van der Waals surface area contributed by atoms with Crippen LogP contribution in [0.1, 0.15) is 141 Å². The number of carbonyl (C=O) groups is 3. The van der Waals surface area contributed by atoms with Gasteiger partial charge in [-0.3, -0.25) is 9.59 Å². The fourth-order valence-electron chi connectivity index (χ4n) is 4.79. The molecule has 1 aliphatic heterocycles. The van der Waals surface area contributed by atoms with E-state index >= 15 is 0 Å². The standard InChI is InChI=1S/C29H53NO5/c1-5-7-9-11-12-13-14-15-16-18-24(34-29(33)26(30-22-31)20-23(3)4)21-27-25(28(32)35-27)19-17-10-8-6-2/h22-27H,5-21H2,1-4H3,(H,30,31)/t24-,25-,26?,27-/m0/s1/i3D3/t23?,24-,25-,26?,27-. The zero-order chi connectivity index (χ0) is 28.4. The molecule has 0 aromatic heterocycles. The highest BCUT2D eigenvalue weighted by Crippen LogP contribution is 2.32. The molecule has 1 aliphatic rings. The highest BCUT2D eigenvalue weighted by molar-refractivity contribution is 5.79. The number of ether oxygens (including phenoxy) is 2. The zero-order valence-corrected chi connectivity index (χ0v) is 22.5. The van der Waals surface area contributed by atoms with Gasteiger partial charge in [0.1, 0.15) is 18.2 Å². The van der Waals surface area contributed by atoms with E-state index in [0.717, 1.165) is 51.4 Å². The molecule has 6 heteroatoms. The Morgan fingerprint density at radius 1 is 1.03 bits per heavy atom. The van der Waals surface area contributed by atoms with Crippen LogP contribution in [0.3, 0.4) is 0 Å². The number of carbonyl (C=O) groups excluding carboxylic acids is 3. The van der Waals surface area contributed by atoms with Gasteiger partial charge in [-0.1, -0.05) is 105 Å². The summed E-state index contributed by atoms with van der Waals surface area (Å²) in [6.45, 7) is 3.67. The Morgan fingerprint density at radius 3 is 2.20 bits per heavy atom. The third-order valence-electron chi connectivity index (χ3n) is 6.94. The number of unbranched alkanes of at least 4 members (excludes halogenated alkanes) is 11. The molecule has 0 aromatic carbocycles. The fourth-order valence-corrected chi connectivity index (χ4v) is 4.79. The van der Waals surface area contributed by atoms with Crippen LogP contribution in [-0.4, -0.2) is 36.6 Å². The number of hydrogen-bond acceptors (Lipinski definition) is 5. The van der Waals surface area contributed by atoms with Crippen LogP contribution in [0.15, 0.2) is 0 Å². The summed E-state index contributed by atoms with van der Waals surface area (Å²) in [5.74, 6) is -1.73. The predicted octanol–water partition coefficient (Wildman–Crippen LogP) is 6.88. The molecule has 0 bridgehead atoms. The van der Waals surface area contributed by atoms with Crippen LogP contribution in [-0.2, 0) is 23.9 Å². The Balaban J connectivity index is 2.69. The van der Waals surface area contributed by atoms with E-state index in [-0.39, 0.29) is 24.4 Å². The summed E-state index contributed by atoms with van der Waals surface area (Å²) in [5, 5.41) is 2.44.